The molecule has 2 aromatic carbocycles. The van der Waals surface area contributed by atoms with Crippen LogP contribution in [0.15, 0.2) is 52.0 Å². The predicted octanol–water partition coefficient (Wildman–Crippen LogP) is 3.45. The number of hydrazone groups is 1. The van der Waals surface area contributed by atoms with E-state index in [0.29, 0.717) is 9.13 Å². The lowest BCUT2D eigenvalue weighted by Crippen LogP contribution is -2.19. The molecule has 4 nitrogen and oxygen atoms in total. The molecule has 0 atom stereocenters. The number of phenols is 1. The van der Waals surface area contributed by atoms with Crippen LogP contribution in [0.1, 0.15) is 11.1 Å². The van der Waals surface area contributed by atoms with E-state index in [1.54, 1.807) is 12.1 Å². The Balaban J connectivity index is 1.98. The number of nitrogens with one attached hydrogen (secondary N) is 1. The van der Waals surface area contributed by atoms with Gasteiger partial charge in [-0.15, -0.1) is 0 Å². The van der Waals surface area contributed by atoms with Crippen LogP contribution < -0.4 is 5.43 Å². The largest absolute Gasteiger partial charge is 0.506 e. The Morgan fingerprint density at radius 3 is 2.76 bits per heavy atom. The van der Waals surface area contributed by atoms with E-state index in [1.807, 2.05) is 52.9 Å². The molecule has 0 bridgehead atoms. The van der Waals surface area contributed by atoms with Gasteiger partial charge in [0.1, 0.15) is 5.75 Å². The molecule has 0 radical (unpaired) electrons. The Kier molecular flexibility index (Phi) is 5.75. The zero-order valence-corrected chi connectivity index (χ0v) is 14.6. The van der Waals surface area contributed by atoms with Crippen molar-refractivity contribution in [2.75, 3.05) is 0 Å². The molecule has 0 heterocycles. The zero-order valence-electron chi connectivity index (χ0n) is 10.9. The average Bonchev–Trinajstić information content (AvgIpc) is 2.45. The van der Waals surface area contributed by atoms with Crippen molar-refractivity contribution in [3.05, 3.63) is 61.6 Å². The highest BCUT2D eigenvalue weighted by atomic mass is 127. The van der Waals surface area contributed by atoms with Crippen molar-refractivity contribution < 1.29 is 9.90 Å². The molecular formula is C15H12BrIN2O2. The van der Waals surface area contributed by atoms with Crippen LogP contribution >= 0.6 is 38.5 Å². The number of carbonyl (C=O) groups excluding carboxylic acids is 1. The van der Waals surface area contributed by atoms with Crippen LogP contribution in [0, 0.1) is 3.57 Å². The molecule has 1 amide bonds. The number of benzene rings is 2. The van der Waals surface area contributed by atoms with Crippen LogP contribution in [0.3, 0.4) is 0 Å². The van der Waals surface area contributed by atoms with E-state index < -0.39 is 0 Å². The van der Waals surface area contributed by atoms with Crippen LogP contribution in [0.4, 0.5) is 0 Å². The maximum absolute atomic E-state index is 11.7. The van der Waals surface area contributed by atoms with Gasteiger partial charge in [0.05, 0.1) is 16.2 Å². The number of aromatic hydroxyl groups is 1. The van der Waals surface area contributed by atoms with Gasteiger partial charge in [0.15, 0.2) is 0 Å². The maximum atomic E-state index is 11.7. The minimum Gasteiger partial charge on any atom is -0.506 e. The van der Waals surface area contributed by atoms with E-state index in [1.165, 1.54) is 6.21 Å². The molecule has 0 aliphatic heterocycles. The van der Waals surface area contributed by atoms with E-state index in [0.717, 1.165) is 10.0 Å². The second-order valence-corrected chi connectivity index (χ2v) is 6.36. The summed E-state index contributed by atoms with van der Waals surface area (Å²) in [4.78, 5) is 11.7. The van der Waals surface area contributed by atoms with E-state index >= 15 is 0 Å². The third-order valence-electron chi connectivity index (χ3n) is 2.66. The highest BCUT2D eigenvalue weighted by molar-refractivity contribution is 14.1. The van der Waals surface area contributed by atoms with Gasteiger partial charge in [0.25, 0.3) is 0 Å². The number of carbonyl (C=O) groups is 1. The highest BCUT2D eigenvalue weighted by Gasteiger charge is 2.06. The van der Waals surface area contributed by atoms with Crippen LogP contribution in [-0.4, -0.2) is 17.2 Å². The van der Waals surface area contributed by atoms with Gasteiger partial charge in [-0.3, -0.25) is 4.79 Å². The lowest BCUT2D eigenvalue weighted by molar-refractivity contribution is -0.120. The van der Waals surface area contributed by atoms with Crippen molar-refractivity contribution in [1.29, 1.82) is 0 Å². The highest BCUT2D eigenvalue weighted by Crippen LogP contribution is 2.27. The van der Waals surface area contributed by atoms with Gasteiger partial charge < -0.3 is 5.11 Å². The Labute approximate surface area is 144 Å². The topological polar surface area (TPSA) is 61.7 Å². The summed E-state index contributed by atoms with van der Waals surface area (Å²) in [5, 5.41) is 13.8. The summed E-state index contributed by atoms with van der Waals surface area (Å²) in [6.07, 6.45) is 1.69. The summed E-state index contributed by atoms with van der Waals surface area (Å²) in [6.45, 7) is 0. The van der Waals surface area contributed by atoms with Crippen molar-refractivity contribution >= 4 is 50.6 Å². The summed E-state index contributed by atoms with van der Waals surface area (Å²) >= 11 is 5.37. The number of phenolic OH excluding ortho intramolecular Hbond substituents is 1. The van der Waals surface area contributed by atoms with Crippen molar-refractivity contribution in [2.24, 2.45) is 5.10 Å². The van der Waals surface area contributed by atoms with E-state index in [-0.39, 0.29) is 18.1 Å². The number of halogens is 2. The minimum absolute atomic E-state index is 0.139. The van der Waals surface area contributed by atoms with Gasteiger partial charge in [-0.2, -0.15) is 5.10 Å². The molecule has 0 saturated carbocycles. The first-order valence-corrected chi connectivity index (χ1v) is 7.97. The lowest BCUT2D eigenvalue weighted by atomic mass is 10.1. The monoisotopic (exact) mass is 458 g/mol. The molecule has 0 fully saturated rings. The second kappa shape index (κ2) is 7.56. The number of rotatable bonds is 4. The van der Waals surface area contributed by atoms with Gasteiger partial charge in [-0.05, 0) is 40.3 Å². The van der Waals surface area contributed by atoms with Crippen LogP contribution in [-0.2, 0) is 11.2 Å². The third kappa shape index (κ3) is 4.82. The van der Waals surface area contributed by atoms with E-state index in [2.05, 4.69) is 26.5 Å². The van der Waals surface area contributed by atoms with Crippen molar-refractivity contribution in [1.82, 2.24) is 5.43 Å². The quantitative estimate of drug-likeness (QED) is 0.418. The van der Waals surface area contributed by atoms with Gasteiger partial charge in [0.2, 0.25) is 5.91 Å². The van der Waals surface area contributed by atoms with E-state index in [4.69, 9.17) is 0 Å². The Hall–Kier alpha value is -1.41. The van der Waals surface area contributed by atoms with Crippen LogP contribution in [0.5, 0.6) is 5.75 Å². The van der Waals surface area contributed by atoms with Crippen molar-refractivity contribution in [2.45, 2.75) is 6.42 Å². The van der Waals surface area contributed by atoms with Crippen LogP contribution in [0.2, 0.25) is 0 Å². The van der Waals surface area contributed by atoms with Crippen molar-refractivity contribution in [3.8, 4) is 5.75 Å². The normalized spacial score (nSPS) is 10.8. The summed E-state index contributed by atoms with van der Waals surface area (Å²) in [5.41, 5.74) is 3.90. The molecule has 21 heavy (non-hydrogen) atoms. The molecule has 2 N–H and O–H groups in total. The number of nitrogens with zero attached hydrogens (tertiary/aromatic N) is 1. The number of hydrogen-bond acceptors (Lipinski definition) is 3. The molecule has 0 aromatic heterocycles. The molecule has 2 rings (SSSR count). The SMILES string of the molecule is O=C(Cc1ccccc1)N/N=C/c1cc(Br)cc(I)c1O. The number of amides is 1. The summed E-state index contributed by atoms with van der Waals surface area (Å²) in [5.74, 6) is -0.0681. The first kappa shape index (κ1) is 16.0. The van der Waals surface area contributed by atoms with Crippen molar-refractivity contribution in [3.63, 3.8) is 0 Å². The maximum Gasteiger partial charge on any atom is 0.244 e. The summed E-state index contributed by atoms with van der Waals surface area (Å²) < 4.78 is 1.54. The van der Waals surface area contributed by atoms with E-state index in [9.17, 15) is 9.90 Å². The summed E-state index contributed by atoms with van der Waals surface area (Å²) in [6, 6.07) is 12.9. The first-order chi connectivity index (χ1) is 10.1. The lowest BCUT2D eigenvalue weighted by Gasteiger charge is -2.03. The molecule has 0 aliphatic rings. The van der Waals surface area contributed by atoms with Gasteiger partial charge in [-0.25, -0.2) is 5.43 Å². The molecule has 2 aromatic rings. The Morgan fingerprint density at radius 2 is 2.05 bits per heavy atom. The second-order valence-electron chi connectivity index (χ2n) is 4.28. The fourth-order valence-electron chi connectivity index (χ4n) is 1.68. The van der Waals surface area contributed by atoms with Gasteiger partial charge in [-0.1, -0.05) is 46.3 Å². The fourth-order valence-corrected chi connectivity index (χ4v) is 3.23. The minimum atomic E-state index is -0.207. The first-order valence-electron chi connectivity index (χ1n) is 6.10. The number of hydrogen-bond donors (Lipinski definition) is 2. The fraction of sp³-hybridized carbons (Fsp3) is 0.0667. The third-order valence-corrected chi connectivity index (χ3v) is 3.94. The average molecular weight is 459 g/mol. The molecule has 6 heteroatoms. The van der Waals surface area contributed by atoms with Gasteiger partial charge >= 0.3 is 0 Å². The molecule has 0 saturated heterocycles. The summed E-state index contributed by atoms with van der Waals surface area (Å²) in [7, 11) is 0. The Bertz CT molecular complexity index is 675. The molecule has 0 aliphatic carbocycles. The predicted molar refractivity (Wildman–Crippen MR) is 94.4 cm³/mol. The van der Waals surface area contributed by atoms with Gasteiger partial charge in [0, 0.05) is 10.0 Å². The molecule has 108 valence electrons. The van der Waals surface area contributed by atoms with Crippen LogP contribution in [0.25, 0.3) is 0 Å². The zero-order chi connectivity index (χ0) is 15.2. The molecular weight excluding hydrogens is 447 g/mol. The Morgan fingerprint density at radius 1 is 1.33 bits per heavy atom. The molecule has 0 unspecified atom stereocenters. The smallest absolute Gasteiger partial charge is 0.244 e. The standard InChI is InChI=1S/C15H12BrIN2O2/c16-12-7-11(15(21)13(17)8-12)9-18-19-14(20)6-10-4-2-1-3-5-10/h1-5,7-9,21H,6H2,(H,19,20)/b18-9+. The molecule has 0 spiro atoms.